The predicted molar refractivity (Wildman–Crippen MR) is 78.8 cm³/mol. The van der Waals surface area contributed by atoms with Gasteiger partial charge in [0.25, 0.3) is 0 Å². The summed E-state index contributed by atoms with van der Waals surface area (Å²) in [6.45, 7) is 4.12. The van der Waals surface area contributed by atoms with Crippen LogP contribution in [0.3, 0.4) is 0 Å². The number of carbonyl (C=O) groups is 1. The summed E-state index contributed by atoms with van der Waals surface area (Å²) in [6, 6.07) is 7.82. The molecule has 1 heterocycles. The lowest BCUT2D eigenvalue weighted by molar-refractivity contribution is -0.138. The Labute approximate surface area is 123 Å². The van der Waals surface area contributed by atoms with E-state index in [2.05, 4.69) is 22.4 Å². The molecular weight excluding hydrogens is 268 g/mol. The van der Waals surface area contributed by atoms with Crippen LogP contribution in [0.2, 0.25) is 0 Å². The van der Waals surface area contributed by atoms with Crippen LogP contribution in [0.5, 0.6) is 0 Å². The van der Waals surface area contributed by atoms with Crippen LogP contribution in [-0.4, -0.2) is 31.3 Å². The van der Waals surface area contributed by atoms with Crippen LogP contribution in [0.15, 0.2) is 24.3 Å². The van der Waals surface area contributed by atoms with Crippen molar-refractivity contribution < 1.29 is 9.90 Å². The Bertz CT molecular complexity index is 592. The summed E-state index contributed by atoms with van der Waals surface area (Å²) < 4.78 is 1.64. The molecule has 0 fully saturated rings. The largest absolute Gasteiger partial charge is 0.481 e. The van der Waals surface area contributed by atoms with Crippen molar-refractivity contribution in [3.8, 4) is 11.4 Å². The third kappa shape index (κ3) is 3.65. The van der Waals surface area contributed by atoms with Gasteiger partial charge in [-0.25, -0.2) is 4.68 Å². The highest BCUT2D eigenvalue weighted by Crippen LogP contribution is 2.24. The molecule has 112 valence electrons. The number of tetrazole rings is 1. The van der Waals surface area contributed by atoms with Crippen molar-refractivity contribution in [2.75, 3.05) is 0 Å². The summed E-state index contributed by atoms with van der Waals surface area (Å²) in [7, 11) is 0. The van der Waals surface area contributed by atoms with E-state index in [9.17, 15) is 4.79 Å². The molecule has 1 N–H and O–H groups in total. The molecule has 1 unspecified atom stereocenters. The Balaban J connectivity index is 2.32. The number of carboxylic acids is 1. The Morgan fingerprint density at radius 3 is 2.57 bits per heavy atom. The smallest absolute Gasteiger partial charge is 0.305 e. The molecule has 0 radical (unpaired) electrons. The van der Waals surface area contributed by atoms with Gasteiger partial charge in [0.1, 0.15) is 0 Å². The Hall–Kier alpha value is -2.24. The van der Waals surface area contributed by atoms with Crippen LogP contribution in [0, 0.1) is 0 Å². The van der Waals surface area contributed by atoms with Crippen molar-refractivity contribution >= 4 is 5.97 Å². The van der Waals surface area contributed by atoms with Crippen molar-refractivity contribution in [3.63, 3.8) is 0 Å². The quantitative estimate of drug-likeness (QED) is 0.847. The fourth-order valence-electron chi connectivity index (χ4n) is 2.36. The minimum atomic E-state index is -0.837. The van der Waals surface area contributed by atoms with E-state index in [-0.39, 0.29) is 12.5 Å². The molecular formula is C15H20N4O2. The average Bonchev–Trinajstić information content (AvgIpc) is 2.96. The van der Waals surface area contributed by atoms with Crippen molar-refractivity contribution in [3.05, 3.63) is 29.8 Å². The molecule has 1 aromatic heterocycles. The Morgan fingerprint density at radius 1 is 1.29 bits per heavy atom. The van der Waals surface area contributed by atoms with Crippen LogP contribution < -0.4 is 0 Å². The molecule has 21 heavy (non-hydrogen) atoms. The first kappa shape index (κ1) is 15.2. The first-order valence-corrected chi connectivity index (χ1v) is 7.24. The van der Waals surface area contributed by atoms with Crippen LogP contribution in [0.25, 0.3) is 11.4 Å². The van der Waals surface area contributed by atoms with Gasteiger partial charge in [-0.1, -0.05) is 44.5 Å². The molecule has 1 aromatic carbocycles. The molecule has 0 aliphatic carbocycles. The summed E-state index contributed by atoms with van der Waals surface area (Å²) >= 11 is 0. The third-order valence-corrected chi connectivity index (χ3v) is 3.49. The van der Waals surface area contributed by atoms with Crippen LogP contribution in [0.1, 0.15) is 44.7 Å². The monoisotopic (exact) mass is 288 g/mol. The molecule has 2 rings (SSSR count). The lowest BCUT2D eigenvalue weighted by Gasteiger charge is -2.15. The molecule has 6 heteroatoms. The molecule has 1 atom stereocenters. The molecule has 0 aliphatic rings. The fraction of sp³-hybridized carbons (Fsp3) is 0.467. The molecule has 0 spiro atoms. The van der Waals surface area contributed by atoms with E-state index < -0.39 is 5.97 Å². The van der Waals surface area contributed by atoms with Gasteiger partial charge in [-0.2, -0.15) is 0 Å². The number of benzene rings is 1. The number of hydrogen-bond acceptors (Lipinski definition) is 4. The Kier molecular flexibility index (Phi) is 5.03. The van der Waals surface area contributed by atoms with Gasteiger partial charge >= 0.3 is 5.97 Å². The summed E-state index contributed by atoms with van der Waals surface area (Å²) in [6.07, 6.45) is 2.62. The topological polar surface area (TPSA) is 80.9 Å². The highest BCUT2D eigenvalue weighted by Gasteiger charge is 2.20. The SMILES string of the molecule is CCCC(CC(=O)O)n1nnnc1-c1ccc(CC)cc1. The van der Waals surface area contributed by atoms with Gasteiger partial charge in [0.2, 0.25) is 0 Å². The number of aromatic nitrogens is 4. The molecule has 0 saturated carbocycles. The van der Waals surface area contributed by atoms with Crippen LogP contribution >= 0.6 is 0 Å². The summed E-state index contributed by atoms with van der Waals surface area (Å²) in [5.41, 5.74) is 2.15. The maximum atomic E-state index is 11.0. The van der Waals surface area contributed by atoms with E-state index in [1.54, 1.807) is 4.68 Å². The lowest BCUT2D eigenvalue weighted by atomic mass is 10.1. The number of aliphatic carboxylic acids is 1. The number of aryl methyl sites for hydroxylation is 1. The summed E-state index contributed by atoms with van der Waals surface area (Å²) in [5.74, 6) is -0.214. The highest BCUT2D eigenvalue weighted by atomic mass is 16.4. The maximum Gasteiger partial charge on any atom is 0.305 e. The first-order valence-electron chi connectivity index (χ1n) is 7.24. The van der Waals surface area contributed by atoms with Crippen molar-refractivity contribution in [2.45, 2.75) is 45.6 Å². The Morgan fingerprint density at radius 2 is 2.00 bits per heavy atom. The molecule has 0 saturated heterocycles. The van der Waals surface area contributed by atoms with E-state index >= 15 is 0 Å². The molecule has 6 nitrogen and oxygen atoms in total. The van der Waals surface area contributed by atoms with Crippen molar-refractivity contribution in [1.29, 1.82) is 0 Å². The first-order chi connectivity index (χ1) is 10.2. The molecule has 0 aliphatic heterocycles. The van der Waals surface area contributed by atoms with Gasteiger partial charge in [-0.15, -0.1) is 5.10 Å². The van der Waals surface area contributed by atoms with E-state index in [0.717, 1.165) is 24.8 Å². The minimum Gasteiger partial charge on any atom is -0.481 e. The van der Waals surface area contributed by atoms with Crippen LogP contribution in [-0.2, 0) is 11.2 Å². The van der Waals surface area contributed by atoms with E-state index in [1.807, 2.05) is 31.2 Å². The van der Waals surface area contributed by atoms with Gasteiger partial charge in [0.05, 0.1) is 12.5 Å². The molecule has 2 aromatic rings. The highest BCUT2D eigenvalue weighted by molar-refractivity contribution is 5.67. The van der Waals surface area contributed by atoms with Crippen molar-refractivity contribution in [1.82, 2.24) is 20.2 Å². The fourth-order valence-corrected chi connectivity index (χ4v) is 2.36. The minimum absolute atomic E-state index is 0.0267. The average molecular weight is 288 g/mol. The summed E-state index contributed by atoms with van der Waals surface area (Å²) in [5, 5.41) is 20.8. The van der Waals surface area contributed by atoms with Crippen LogP contribution in [0.4, 0.5) is 0 Å². The third-order valence-electron chi connectivity index (χ3n) is 3.49. The standard InChI is InChI=1S/C15H20N4O2/c1-3-5-13(10-14(20)21)19-15(16-17-18-19)12-8-6-11(4-2)7-9-12/h6-9,13H,3-5,10H2,1-2H3,(H,20,21). The number of carboxylic acid groups (broad SMARTS) is 1. The molecule has 0 bridgehead atoms. The van der Waals surface area contributed by atoms with E-state index in [0.29, 0.717) is 5.82 Å². The van der Waals surface area contributed by atoms with Crippen molar-refractivity contribution in [2.24, 2.45) is 0 Å². The number of hydrogen-bond donors (Lipinski definition) is 1. The predicted octanol–water partition coefficient (Wildman–Crippen LogP) is 2.72. The molecule has 0 amide bonds. The van der Waals surface area contributed by atoms with E-state index in [1.165, 1.54) is 5.56 Å². The second-order valence-corrected chi connectivity index (χ2v) is 5.04. The normalized spacial score (nSPS) is 12.3. The number of nitrogens with zero attached hydrogens (tertiary/aromatic N) is 4. The second kappa shape index (κ2) is 6.97. The maximum absolute atomic E-state index is 11.0. The second-order valence-electron chi connectivity index (χ2n) is 5.04. The van der Waals surface area contributed by atoms with Gasteiger partial charge in [-0.3, -0.25) is 4.79 Å². The van der Waals surface area contributed by atoms with Gasteiger partial charge in [0, 0.05) is 5.56 Å². The van der Waals surface area contributed by atoms with Gasteiger partial charge in [-0.05, 0) is 28.8 Å². The van der Waals surface area contributed by atoms with Gasteiger partial charge < -0.3 is 5.11 Å². The zero-order chi connectivity index (χ0) is 15.2. The van der Waals surface area contributed by atoms with Gasteiger partial charge in [0.15, 0.2) is 5.82 Å². The number of rotatable bonds is 7. The zero-order valence-corrected chi connectivity index (χ0v) is 12.4. The zero-order valence-electron chi connectivity index (χ0n) is 12.4. The van der Waals surface area contributed by atoms with E-state index in [4.69, 9.17) is 5.11 Å². The lowest BCUT2D eigenvalue weighted by Crippen LogP contribution is -2.16. The summed E-state index contributed by atoms with van der Waals surface area (Å²) in [4.78, 5) is 11.0.